The van der Waals surface area contributed by atoms with Crippen molar-refractivity contribution in [1.29, 1.82) is 0 Å². The van der Waals surface area contributed by atoms with Crippen molar-refractivity contribution in [2.24, 2.45) is 0 Å². The molecule has 3 aromatic rings. The first-order valence-corrected chi connectivity index (χ1v) is 9.27. The molecule has 0 atom stereocenters. The molecule has 0 aliphatic heterocycles. The number of hydrogen-bond acceptors (Lipinski definition) is 6. The number of nitrogens with zero attached hydrogens (tertiary/aromatic N) is 2. The van der Waals surface area contributed by atoms with Crippen LogP contribution in [0.3, 0.4) is 0 Å². The Hall–Kier alpha value is -3.61. The lowest BCUT2D eigenvalue weighted by Crippen LogP contribution is -2.26. The highest BCUT2D eigenvalue weighted by Crippen LogP contribution is 2.20. The number of aryl methyl sites for hydroxylation is 1. The fraction of sp³-hybridized carbons (Fsp3) is 0.227. The van der Waals surface area contributed by atoms with E-state index < -0.39 is 5.97 Å². The van der Waals surface area contributed by atoms with Crippen LogP contribution in [0.5, 0.6) is 5.75 Å². The fourth-order valence-corrected chi connectivity index (χ4v) is 2.85. The van der Waals surface area contributed by atoms with E-state index in [2.05, 4.69) is 10.4 Å². The molecule has 0 bridgehead atoms. The second-order valence-corrected chi connectivity index (χ2v) is 6.38. The second kappa shape index (κ2) is 9.05. The number of carbonyl (C=O) groups excluding carboxylic acids is 1. The van der Waals surface area contributed by atoms with Crippen LogP contribution in [0.4, 0.5) is 5.69 Å². The van der Waals surface area contributed by atoms with Gasteiger partial charge in [-0.2, -0.15) is 9.78 Å². The Morgan fingerprint density at radius 1 is 1.14 bits per heavy atom. The fourth-order valence-electron chi connectivity index (χ4n) is 2.85. The van der Waals surface area contributed by atoms with Crippen molar-refractivity contribution in [3.63, 3.8) is 0 Å². The Morgan fingerprint density at radius 2 is 1.86 bits per heavy atom. The number of anilines is 1. The van der Waals surface area contributed by atoms with Crippen molar-refractivity contribution in [2.75, 3.05) is 19.0 Å². The molecule has 0 aliphatic rings. The summed E-state index contributed by atoms with van der Waals surface area (Å²) in [5.74, 6) is 0.106. The molecular weight excluding hydrogens is 370 g/mol. The quantitative estimate of drug-likeness (QED) is 0.620. The molecule has 1 aromatic heterocycles. The molecule has 3 rings (SSSR count). The van der Waals surface area contributed by atoms with Gasteiger partial charge >= 0.3 is 5.97 Å². The molecule has 0 radical (unpaired) electrons. The monoisotopic (exact) mass is 393 g/mol. The number of aromatic nitrogens is 2. The van der Waals surface area contributed by atoms with E-state index in [9.17, 15) is 9.59 Å². The Morgan fingerprint density at radius 3 is 2.55 bits per heavy atom. The summed E-state index contributed by atoms with van der Waals surface area (Å²) in [6.07, 6.45) is 0. The van der Waals surface area contributed by atoms with Crippen molar-refractivity contribution in [1.82, 2.24) is 9.78 Å². The zero-order valence-corrected chi connectivity index (χ0v) is 16.6. The highest BCUT2D eigenvalue weighted by atomic mass is 16.5. The van der Waals surface area contributed by atoms with Crippen molar-refractivity contribution in [3.05, 3.63) is 81.8 Å². The van der Waals surface area contributed by atoms with E-state index in [4.69, 9.17) is 9.47 Å². The topological polar surface area (TPSA) is 82.5 Å². The van der Waals surface area contributed by atoms with Crippen molar-refractivity contribution in [3.8, 4) is 11.4 Å². The summed E-state index contributed by atoms with van der Waals surface area (Å²) in [4.78, 5) is 25.2. The Kier molecular flexibility index (Phi) is 6.29. The first-order chi connectivity index (χ1) is 14.0. The van der Waals surface area contributed by atoms with Crippen molar-refractivity contribution < 1.29 is 14.3 Å². The summed E-state index contributed by atoms with van der Waals surface area (Å²) >= 11 is 0. The van der Waals surface area contributed by atoms with Gasteiger partial charge in [0.15, 0.2) is 5.69 Å². The van der Waals surface area contributed by atoms with Gasteiger partial charge in [-0.15, -0.1) is 0 Å². The molecule has 150 valence electrons. The SMILES string of the molecule is CCOC(=O)c1nn(-c2ccc(C)cc2)c(=O)cc1NCc1ccccc1OC. The van der Waals surface area contributed by atoms with E-state index in [1.165, 1.54) is 10.7 Å². The Labute approximate surface area is 168 Å². The molecule has 29 heavy (non-hydrogen) atoms. The van der Waals surface area contributed by atoms with Crippen molar-refractivity contribution >= 4 is 11.7 Å². The molecule has 2 aromatic carbocycles. The number of rotatable bonds is 7. The lowest BCUT2D eigenvalue weighted by Gasteiger charge is -2.14. The van der Waals surface area contributed by atoms with Crippen LogP contribution < -0.4 is 15.6 Å². The van der Waals surface area contributed by atoms with Crippen LogP contribution in [0, 0.1) is 6.92 Å². The van der Waals surface area contributed by atoms with Crippen LogP contribution >= 0.6 is 0 Å². The molecule has 0 saturated heterocycles. The number of ether oxygens (including phenoxy) is 2. The number of esters is 1. The van der Waals surface area contributed by atoms with Gasteiger partial charge in [0.25, 0.3) is 5.56 Å². The molecule has 0 amide bonds. The predicted molar refractivity (Wildman–Crippen MR) is 111 cm³/mol. The van der Waals surface area contributed by atoms with E-state index in [1.54, 1.807) is 26.2 Å². The standard InChI is InChI=1S/C22H23N3O4/c1-4-29-22(27)21-18(23-14-16-7-5-6-8-19(16)28-3)13-20(26)25(24-21)17-11-9-15(2)10-12-17/h5-13,23H,4,14H2,1-3H3. The van der Waals surface area contributed by atoms with Gasteiger partial charge in [0, 0.05) is 18.2 Å². The zero-order chi connectivity index (χ0) is 20.8. The number of nitrogens with one attached hydrogen (secondary N) is 1. The minimum atomic E-state index is -0.601. The van der Waals surface area contributed by atoms with Crippen LogP contribution in [0.2, 0.25) is 0 Å². The summed E-state index contributed by atoms with van der Waals surface area (Å²) in [5, 5.41) is 7.40. The number of hydrogen-bond donors (Lipinski definition) is 1. The minimum Gasteiger partial charge on any atom is -0.496 e. The lowest BCUT2D eigenvalue weighted by atomic mass is 10.2. The predicted octanol–water partition coefficient (Wildman–Crippen LogP) is 3.34. The molecule has 0 aliphatic carbocycles. The maximum atomic E-state index is 12.7. The summed E-state index contributed by atoms with van der Waals surface area (Å²) < 4.78 is 11.7. The molecular formula is C22H23N3O4. The van der Waals surface area contributed by atoms with E-state index in [0.717, 1.165) is 11.1 Å². The Balaban J connectivity index is 1.99. The van der Waals surface area contributed by atoms with Crippen LogP contribution in [0.1, 0.15) is 28.5 Å². The molecule has 0 saturated carbocycles. The van der Waals surface area contributed by atoms with Crippen LogP contribution in [0.15, 0.2) is 59.4 Å². The maximum Gasteiger partial charge on any atom is 0.360 e. The summed E-state index contributed by atoms with van der Waals surface area (Å²) in [5.41, 5.74) is 2.51. The highest BCUT2D eigenvalue weighted by Gasteiger charge is 2.18. The number of para-hydroxylation sites is 1. The van der Waals surface area contributed by atoms with Gasteiger partial charge in [-0.1, -0.05) is 35.9 Å². The first kappa shape index (κ1) is 20.1. The van der Waals surface area contributed by atoms with Gasteiger partial charge in [-0.3, -0.25) is 4.79 Å². The summed E-state index contributed by atoms with van der Waals surface area (Å²) in [6, 6.07) is 16.2. The van der Waals surface area contributed by atoms with Gasteiger partial charge < -0.3 is 14.8 Å². The van der Waals surface area contributed by atoms with E-state index in [1.807, 2.05) is 43.3 Å². The zero-order valence-electron chi connectivity index (χ0n) is 16.6. The third-order valence-electron chi connectivity index (χ3n) is 4.34. The lowest BCUT2D eigenvalue weighted by molar-refractivity contribution is 0.0518. The van der Waals surface area contributed by atoms with Gasteiger partial charge in [-0.05, 0) is 32.0 Å². The largest absolute Gasteiger partial charge is 0.496 e. The number of carbonyl (C=O) groups is 1. The molecule has 0 spiro atoms. The van der Waals surface area contributed by atoms with Gasteiger partial charge in [0.1, 0.15) is 5.75 Å². The molecule has 1 N–H and O–H groups in total. The van der Waals surface area contributed by atoms with Gasteiger partial charge in [0.2, 0.25) is 0 Å². The number of methoxy groups -OCH3 is 1. The molecule has 7 heteroatoms. The van der Waals surface area contributed by atoms with Crippen LogP contribution in [-0.2, 0) is 11.3 Å². The molecule has 7 nitrogen and oxygen atoms in total. The van der Waals surface area contributed by atoms with Crippen LogP contribution in [-0.4, -0.2) is 29.5 Å². The minimum absolute atomic E-state index is 0.0434. The average molecular weight is 393 g/mol. The first-order valence-electron chi connectivity index (χ1n) is 9.27. The van der Waals surface area contributed by atoms with Crippen molar-refractivity contribution in [2.45, 2.75) is 20.4 Å². The third-order valence-corrected chi connectivity index (χ3v) is 4.34. The average Bonchev–Trinajstić information content (AvgIpc) is 2.73. The smallest absolute Gasteiger partial charge is 0.360 e. The second-order valence-electron chi connectivity index (χ2n) is 6.38. The van der Waals surface area contributed by atoms with Gasteiger partial charge in [-0.25, -0.2) is 4.79 Å². The van der Waals surface area contributed by atoms with E-state index >= 15 is 0 Å². The number of benzene rings is 2. The van der Waals surface area contributed by atoms with E-state index in [0.29, 0.717) is 23.7 Å². The van der Waals surface area contributed by atoms with E-state index in [-0.39, 0.29) is 17.9 Å². The summed E-state index contributed by atoms with van der Waals surface area (Å²) in [7, 11) is 1.59. The highest BCUT2D eigenvalue weighted by molar-refractivity contribution is 5.93. The maximum absolute atomic E-state index is 12.7. The molecule has 0 unspecified atom stereocenters. The third kappa shape index (κ3) is 4.63. The molecule has 0 fully saturated rings. The normalized spacial score (nSPS) is 10.4. The van der Waals surface area contributed by atoms with Crippen LogP contribution in [0.25, 0.3) is 5.69 Å². The molecule has 1 heterocycles. The van der Waals surface area contributed by atoms with Gasteiger partial charge in [0.05, 0.1) is 25.1 Å². The summed E-state index contributed by atoms with van der Waals surface area (Å²) in [6.45, 7) is 4.23. The Bertz CT molecular complexity index is 1060.